The molecule has 2 rings (SSSR count). The molecule has 0 aliphatic carbocycles. The summed E-state index contributed by atoms with van der Waals surface area (Å²) in [6.07, 6.45) is 0.967. The first-order valence-electron chi connectivity index (χ1n) is 7.84. The van der Waals surface area contributed by atoms with E-state index in [0.29, 0.717) is 11.4 Å². The average Bonchev–Trinajstić information content (AvgIpc) is 2.54. The first-order chi connectivity index (χ1) is 12.1. The highest BCUT2D eigenvalue weighted by atomic mass is 32.2. The molecular weight excluding hydrogens is 359 g/mol. The third-order valence-electron chi connectivity index (χ3n) is 3.76. The highest BCUT2D eigenvalue weighted by Gasteiger charge is 2.29. The summed E-state index contributed by atoms with van der Waals surface area (Å²) in [6.45, 7) is 3.29. The summed E-state index contributed by atoms with van der Waals surface area (Å²) >= 11 is 0. The number of carbonyl (C=O) groups excluding carboxylic acids is 1. The number of hydrogen-bond donors (Lipinski definition) is 1. The fraction of sp³-hybridized carbons (Fsp3) is 0.278. The zero-order valence-electron chi connectivity index (χ0n) is 15.0. The molecular formula is C18H21FN2O4S. The molecule has 2 aromatic rings. The van der Waals surface area contributed by atoms with Crippen LogP contribution in [-0.4, -0.2) is 33.7 Å². The molecule has 6 nitrogen and oxygen atoms in total. The van der Waals surface area contributed by atoms with Crippen molar-refractivity contribution >= 4 is 27.3 Å². The SMILES string of the molecule is COc1ccc(C)cc1NC(=O)[C@@H](C)N(c1cccc(F)c1)S(C)(=O)=O. The Morgan fingerprint density at radius 2 is 1.92 bits per heavy atom. The monoisotopic (exact) mass is 380 g/mol. The number of hydrogen-bond acceptors (Lipinski definition) is 4. The minimum Gasteiger partial charge on any atom is -0.495 e. The number of methoxy groups -OCH3 is 1. The number of halogens is 1. The Morgan fingerprint density at radius 3 is 2.50 bits per heavy atom. The minimum atomic E-state index is -3.82. The molecule has 0 saturated carbocycles. The van der Waals surface area contributed by atoms with E-state index in [1.807, 2.05) is 13.0 Å². The maximum Gasteiger partial charge on any atom is 0.248 e. The molecule has 2 aromatic carbocycles. The Labute approximate surface area is 152 Å². The first kappa shape index (κ1) is 19.7. The van der Waals surface area contributed by atoms with Gasteiger partial charge in [0.15, 0.2) is 0 Å². The van der Waals surface area contributed by atoms with Gasteiger partial charge in [-0.2, -0.15) is 0 Å². The normalized spacial score (nSPS) is 12.3. The number of carbonyl (C=O) groups is 1. The van der Waals surface area contributed by atoms with E-state index < -0.39 is 27.8 Å². The highest BCUT2D eigenvalue weighted by Crippen LogP contribution is 2.27. The molecule has 0 spiro atoms. The van der Waals surface area contributed by atoms with Crippen LogP contribution in [0.5, 0.6) is 5.75 Å². The predicted octanol–water partition coefficient (Wildman–Crippen LogP) is 2.94. The van der Waals surface area contributed by atoms with E-state index >= 15 is 0 Å². The van der Waals surface area contributed by atoms with Crippen LogP contribution < -0.4 is 14.4 Å². The van der Waals surface area contributed by atoms with E-state index in [0.717, 1.165) is 22.2 Å². The van der Waals surface area contributed by atoms with Crippen LogP contribution in [0.15, 0.2) is 42.5 Å². The minimum absolute atomic E-state index is 0.0753. The van der Waals surface area contributed by atoms with E-state index in [2.05, 4.69) is 5.32 Å². The van der Waals surface area contributed by atoms with Crippen LogP contribution in [0.1, 0.15) is 12.5 Å². The van der Waals surface area contributed by atoms with Gasteiger partial charge in [0, 0.05) is 0 Å². The molecule has 0 radical (unpaired) electrons. The van der Waals surface area contributed by atoms with Gasteiger partial charge < -0.3 is 10.1 Å². The van der Waals surface area contributed by atoms with Crippen molar-refractivity contribution < 1.29 is 22.3 Å². The van der Waals surface area contributed by atoms with Crippen LogP contribution in [-0.2, 0) is 14.8 Å². The summed E-state index contributed by atoms with van der Waals surface area (Å²) < 4.78 is 44.1. The molecule has 26 heavy (non-hydrogen) atoms. The quantitative estimate of drug-likeness (QED) is 0.836. The van der Waals surface area contributed by atoms with E-state index in [4.69, 9.17) is 4.74 Å². The summed E-state index contributed by atoms with van der Waals surface area (Å²) in [4.78, 5) is 12.7. The maximum absolute atomic E-state index is 13.5. The largest absolute Gasteiger partial charge is 0.495 e. The molecule has 0 aromatic heterocycles. The molecule has 8 heteroatoms. The van der Waals surface area contributed by atoms with Gasteiger partial charge >= 0.3 is 0 Å². The van der Waals surface area contributed by atoms with Crippen molar-refractivity contribution in [1.29, 1.82) is 0 Å². The smallest absolute Gasteiger partial charge is 0.248 e. The second-order valence-corrected chi connectivity index (χ2v) is 7.77. The molecule has 0 saturated heterocycles. The van der Waals surface area contributed by atoms with Crippen molar-refractivity contribution in [3.8, 4) is 5.75 Å². The average molecular weight is 380 g/mol. The number of ether oxygens (including phenoxy) is 1. The topological polar surface area (TPSA) is 75.7 Å². The van der Waals surface area contributed by atoms with E-state index in [1.54, 1.807) is 12.1 Å². The zero-order chi connectivity index (χ0) is 19.5. The lowest BCUT2D eigenvalue weighted by Crippen LogP contribution is -2.45. The van der Waals surface area contributed by atoms with E-state index in [-0.39, 0.29) is 5.69 Å². The molecule has 0 aliphatic rings. The number of rotatable bonds is 6. The van der Waals surface area contributed by atoms with Crippen LogP contribution in [0.3, 0.4) is 0 Å². The summed E-state index contributed by atoms with van der Waals surface area (Å²) in [6, 6.07) is 9.24. The molecule has 0 heterocycles. The third-order valence-corrected chi connectivity index (χ3v) is 5.01. The van der Waals surface area contributed by atoms with Gasteiger partial charge in [0.2, 0.25) is 15.9 Å². The summed E-state index contributed by atoms with van der Waals surface area (Å²) in [7, 11) is -2.35. The molecule has 0 fully saturated rings. The van der Waals surface area contributed by atoms with Crippen LogP contribution in [0.2, 0.25) is 0 Å². The van der Waals surface area contributed by atoms with Crippen molar-refractivity contribution in [3.63, 3.8) is 0 Å². The lowest BCUT2D eigenvalue weighted by molar-refractivity contribution is -0.116. The van der Waals surface area contributed by atoms with Crippen molar-refractivity contribution in [1.82, 2.24) is 0 Å². The summed E-state index contributed by atoms with van der Waals surface area (Å²) in [5.74, 6) is -0.708. The van der Waals surface area contributed by atoms with Gasteiger partial charge in [-0.15, -0.1) is 0 Å². The lowest BCUT2D eigenvalue weighted by Gasteiger charge is -2.28. The summed E-state index contributed by atoms with van der Waals surface area (Å²) in [5.41, 5.74) is 1.40. The number of amides is 1. The molecule has 0 aliphatic heterocycles. The highest BCUT2D eigenvalue weighted by molar-refractivity contribution is 7.92. The number of nitrogens with zero attached hydrogens (tertiary/aromatic N) is 1. The number of aryl methyl sites for hydroxylation is 1. The molecule has 0 bridgehead atoms. The van der Waals surface area contributed by atoms with Crippen LogP contribution >= 0.6 is 0 Å². The van der Waals surface area contributed by atoms with Crippen molar-refractivity contribution in [2.75, 3.05) is 23.0 Å². The van der Waals surface area contributed by atoms with E-state index in [1.165, 1.54) is 32.2 Å². The zero-order valence-corrected chi connectivity index (χ0v) is 15.8. The van der Waals surface area contributed by atoms with Gasteiger partial charge in [-0.25, -0.2) is 12.8 Å². The van der Waals surface area contributed by atoms with E-state index in [9.17, 15) is 17.6 Å². The number of sulfonamides is 1. The van der Waals surface area contributed by atoms with Gasteiger partial charge in [-0.1, -0.05) is 12.1 Å². The Hall–Kier alpha value is -2.61. The van der Waals surface area contributed by atoms with Gasteiger partial charge in [0.25, 0.3) is 0 Å². The number of benzene rings is 2. The Morgan fingerprint density at radius 1 is 1.23 bits per heavy atom. The third kappa shape index (κ3) is 4.51. The van der Waals surface area contributed by atoms with Gasteiger partial charge in [0.05, 0.1) is 24.7 Å². The lowest BCUT2D eigenvalue weighted by atomic mass is 10.2. The van der Waals surface area contributed by atoms with Crippen LogP contribution in [0, 0.1) is 12.7 Å². The number of anilines is 2. The molecule has 1 amide bonds. The van der Waals surface area contributed by atoms with Gasteiger partial charge in [-0.05, 0) is 49.7 Å². The Balaban J connectivity index is 2.36. The Kier molecular flexibility index (Phi) is 5.86. The van der Waals surface area contributed by atoms with Gasteiger partial charge in [-0.3, -0.25) is 9.10 Å². The predicted molar refractivity (Wildman–Crippen MR) is 99.5 cm³/mol. The molecule has 0 unspecified atom stereocenters. The Bertz CT molecular complexity index is 915. The van der Waals surface area contributed by atoms with Crippen LogP contribution in [0.25, 0.3) is 0 Å². The summed E-state index contributed by atoms with van der Waals surface area (Å²) in [5, 5.41) is 2.68. The fourth-order valence-corrected chi connectivity index (χ4v) is 3.75. The second-order valence-electron chi connectivity index (χ2n) is 5.91. The van der Waals surface area contributed by atoms with Crippen molar-refractivity contribution in [2.45, 2.75) is 19.9 Å². The van der Waals surface area contributed by atoms with Crippen molar-refractivity contribution in [2.24, 2.45) is 0 Å². The molecule has 1 N–H and O–H groups in total. The standard InChI is InChI=1S/C18H21FN2O4S/c1-12-8-9-17(25-3)16(10-12)20-18(22)13(2)21(26(4,23)24)15-7-5-6-14(19)11-15/h5-11,13H,1-4H3,(H,20,22)/t13-/m1/s1. The first-order valence-corrected chi connectivity index (χ1v) is 9.69. The second kappa shape index (κ2) is 7.74. The van der Waals surface area contributed by atoms with Gasteiger partial charge in [0.1, 0.15) is 17.6 Å². The maximum atomic E-state index is 13.5. The molecule has 1 atom stereocenters. The fourth-order valence-electron chi connectivity index (χ4n) is 2.58. The van der Waals surface area contributed by atoms with Crippen LogP contribution in [0.4, 0.5) is 15.8 Å². The number of nitrogens with one attached hydrogen (secondary N) is 1. The molecule has 140 valence electrons. The van der Waals surface area contributed by atoms with Crippen molar-refractivity contribution in [3.05, 3.63) is 53.8 Å².